The van der Waals surface area contributed by atoms with Crippen LogP contribution in [0.5, 0.6) is 0 Å². The average Bonchev–Trinajstić information content (AvgIpc) is 3.00. The Hall–Kier alpha value is -1.79. The molecule has 142 valence electrons. The number of likely N-dealkylation sites (tertiary alicyclic amines) is 1. The Labute approximate surface area is 149 Å². The predicted octanol–water partition coefficient (Wildman–Crippen LogP) is 2.34. The third-order valence-corrected chi connectivity index (χ3v) is 4.69. The van der Waals surface area contributed by atoms with Gasteiger partial charge in [0, 0.05) is 12.0 Å². The van der Waals surface area contributed by atoms with Crippen molar-refractivity contribution in [2.45, 2.75) is 72.1 Å². The minimum Gasteiger partial charge on any atom is -0.480 e. The zero-order chi connectivity index (χ0) is 19.2. The fraction of sp³-hybridized carbons (Fsp3) is 0.833. The maximum absolute atomic E-state index is 12.8. The number of carboxylic acid groups (broad SMARTS) is 1. The number of carbonyl (C=O) groups excluding carboxylic acids is 2. The lowest BCUT2D eigenvalue weighted by Crippen LogP contribution is -2.57. The van der Waals surface area contributed by atoms with E-state index < -0.39 is 17.0 Å². The monoisotopic (exact) mass is 354 g/mol. The highest BCUT2D eigenvalue weighted by Crippen LogP contribution is 2.41. The molecule has 1 saturated heterocycles. The summed E-state index contributed by atoms with van der Waals surface area (Å²) in [6.07, 6.45) is 1.14. The van der Waals surface area contributed by atoms with Crippen molar-refractivity contribution in [2.75, 3.05) is 13.1 Å². The fourth-order valence-corrected chi connectivity index (χ4v) is 3.77. The van der Waals surface area contributed by atoms with Crippen LogP contribution < -0.4 is 0 Å². The second-order valence-corrected chi connectivity index (χ2v) is 9.18. The van der Waals surface area contributed by atoms with Gasteiger partial charge in [-0.15, -0.1) is 0 Å². The van der Waals surface area contributed by atoms with Gasteiger partial charge in [0.2, 0.25) is 5.91 Å². The lowest BCUT2D eigenvalue weighted by molar-refractivity contribution is -0.152. The Morgan fingerprint density at radius 3 is 2.16 bits per heavy atom. The number of piperidine rings is 1. The molecule has 0 spiro atoms. The quantitative estimate of drug-likeness (QED) is 0.840. The molecule has 25 heavy (non-hydrogen) atoms. The molecule has 0 aromatic rings. The summed E-state index contributed by atoms with van der Waals surface area (Å²) in [5.41, 5.74) is -1.26. The summed E-state index contributed by atoms with van der Waals surface area (Å²) in [7, 11) is 0. The third kappa shape index (κ3) is 4.44. The highest BCUT2D eigenvalue weighted by molar-refractivity contribution is 5.85. The van der Waals surface area contributed by atoms with Crippen LogP contribution in [0.2, 0.25) is 0 Å². The van der Waals surface area contributed by atoms with E-state index in [-0.39, 0.29) is 36.5 Å². The van der Waals surface area contributed by atoms with Gasteiger partial charge in [0.15, 0.2) is 0 Å². The minimum atomic E-state index is -1.04. The van der Waals surface area contributed by atoms with Crippen molar-refractivity contribution < 1.29 is 24.2 Å². The molecule has 1 saturated carbocycles. The minimum absolute atomic E-state index is 0.175. The van der Waals surface area contributed by atoms with Gasteiger partial charge in [0.05, 0.1) is 12.1 Å². The van der Waals surface area contributed by atoms with Crippen LogP contribution in [-0.4, -0.2) is 63.7 Å². The van der Waals surface area contributed by atoms with Gasteiger partial charge in [-0.1, -0.05) is 20.8 Å². The summed E-state index contributed by atoms with van der Waals surface area (Å²) in [4.78, 5) is 39.7. The van der Waals surface area contributed by atoms with Crippen LogP contribution in [0.3, 0.4) is 0 Å². The fourth-order valence-electron chi connectivity index (χ4n) is 3.77. The summed E-state index contributed by atoms with van der Waals surface area (Å²) >= 11 is 0. The molecule has 1 N–H and O–H groups in total. The van der Waals surface area contributed by atoms with Crippen LogP contribution in [0.1, 0.15) is 54.4 Å². The SMILES string of the molecule is CC(C)(C)OC(=O)N1CC2CC1C(N(CC(=O)O)C(=O)C(C)(C)C)C2. The lowest BCUT2D eigenvalue weighted by atomic mass is 9.92. The number of ether oxygens (including phenoxy) is 1. The van der Waals surface area contributed by atoms with Crippen LogP contribution in [-0.2, 0) is 14.3 Å². The van der Waals surface area contributed by atoms with Crippen LogP contribution in [0.15, 0.2) is 0 Å². The standard InChI is InChI=1S/C18H30N2O5/c1-17(2,3)15(23)19(10-14(21)22)12-7-11-8-13(12)20(9-11)16(24)25-18(4,5)6/h11-13H,7-10H2,1-6H3,(H,21,22). The van der Waals surface area contributed by atoms with Crippen molar-refractivity contribution in [3.8, 4) is 0 Å². The van der Waals surface area contributed by atoms with Gasteiger partial charge < -0.3 is 19.6 Å². The van der Waals surface area contributed by atoms with Crippen molar-refractivity contribution in [2.24, 2.45) is 11.3 Å². The van der Waals surface area contributed by atoms with Crippen LogP contribution >= 0.6 is 0 Å². The Bertz CT molecular complexity index is 561. The first-order valence-electron chi connectivity index (χ1n) is 8.82. The number of hydrogen-bond acceptors (Lipinski definition) is 4. The maximum atomic E-state index is 12.8. The van der Waals surface area contributed by atoms with Crippen molar-refractivity contribution in [3.63, 3.8) is 0 Å². The number of nitrogens with zero attached hydrogens (tertiary/aromatic N) is 2. The van der Waals surface area contributed by atoms with Crippen LogP contribution in [0.4, 0.5) is 4.79 Å². The van der Waals surface area contributed by atoms with E-state index in [4.69, 9.17) is 4.74 Å². The molecule has 3 atom stereocenters. The number of carbonyl (C=O) groups is 3. The molecule has 1 heterocycles. The number of fused-ring (bicyclic) bond motifs is 2. The van der Waals surface area contributed by atoms with Gasteiger partial charge in [-0.2, -0.15) is 0 Å². The topological polar surface area (TPSA) is 87.2 Å². The summed E-state index contributed by atoms with van der Waals surface area (Å²) in [5.74, 6) is -0.952. The van der Waals surface area contributed by atoms with Gasteiger partial charge in [0.25, 0.3) is 0 Å². The molecule has 0 aromatic carbocycles. The number of carboxylic acids is 1. The van der Waals surface area contributed by atoms with E-state index >= 15 is 0 Å². The smallest absolute Gasteiger partial charge is 0.410 e. The van der Waals surface area contributed by atoms with Gasteiger partial charge in [0.1, 0.15) is 12.1 Å². The normalized spacial score (nSPS) is 25.8. The molecule has 1 aliphatic heterocycles. The molecule has 2 bridgehead atoms. The number of amides is 2. The van der Waals surface area contributed by atoms with Crippen LogP contribution in [0.25, 0.3) is 0 Å². The molecule has 7 heteroatoms. The van der Waals surface area contributed by atoms with Crippen LogP contribution in [0, 0.1) is 11.3 Å². The molecule has 0 aromatic heterocycles. The number of rotatable bonds is 3. The predicted molar refractivity (Wildman–Crippen MR) is 92.0 cm³/mol. The van der Waals surface area contributed by atoms with Gasteiger partial charge in [-0.25, -0.2) is 4.79 Å². The van der Waals surface area contributed by atoms with Crippen molar-refractivity contribution in [1.29, 1.82) is 0 Å². The van der Waals surface area contributed by atoms with E-state index in [0.717, 1.165) is 12.8 Å². The molecule has 2 rings (SSSR count). The highest BCUT2D eigenvalue weighted by atomic mass is 16.6. The molecular weight excluding hydrogens is 324 g/mol. The van der Waals surface area contributed by atoms with E-state index in [2.05, 4.69) is 0 Å². The summed E-state index contributed by atoms with van der Waals surface area (Å²) in [5, 5.41) is 9.26. The Balaban J connectivity index is 2.21. The molecule has 2 fully saturated rings. The first-order chi connectivity index (χ1) is 11.3. The summed E-state index contributed by atoms with van der Waals surface area (Å²) in [6, 6.07) is -0.445. The summed E-state index contributed by atoms with van der Waals surface area (Å²) in [6.45, 7) is 11.1. The largest absolute Gasteiger partial charge is 0.480 e. The van der Waals surface area contributed by atoms with E-state index in [0.29, 0.717) is 6.54 Å². The van der Waals surface area contributed by atoms with Crippen molar-refractivity contribution in [3.05, 3.63) is 0 Å². The zero-order valence-corrected chi connectivity index (χ0v) is 16.0. The molecule has 7 nitrogen and oxygen atoms in total. The van der Waals surface area contributed by atoms with E-state index in [1.807, 2.05) is 20.8 Å². The lowest BCUT2D eigenvalue weighted by Gasteiger charge is -2.41. The van der Waals surface area contributed by atoms with E-state index in [1.165, 1.54) is 4.90 Å². The third-order valence-electron chi connectivity index (χ3n) is 4.69. The van der Waals surface area contributed by atoms with Gasteiger partial charge >= 0.3 is 12.1 Å². The number of aliphatic carboxylic acids is 1. The zero-order valence-electron chi connectivity index (χ0n) is 16.0. The maximum Gasteiger partial charge on any atom is 0.410 e. The molecule has 0 radical (unpaired) electrons. The van der Waals surface area contributed by atoms with Crippen molar-refractivity contribution >= 4 is 18.0 Å². The molecular formula is C18H30N2O5. The molecule has 2 amide bonds. The Kier molecular flexibility index (Phi) is 5.08. The van der Waals surface area contributed by atoms with E-state index in [1.54, 1.807) is 25.7 Å². The average molecular weight is 354 g/mol. The Morgan fingerprint density at radius 1 is 1.12 bits per heavy atom. The second kappa shape index (κ2) is 6.50. The molecule has 2 aliphatic rings. The highest BCUT2D eigenvalue weighted by Gasteiger charge is 2.52. The first-order valence-corrected chi connectivity index (χ1v) is 8.82. The Morgan fingerprint density at radius 2 is 1.72 bits per heavy atom. The van der Waals surface area contributed by atoms with Gasteiger partial charge in [-0.3, -0.25) is 9.59 Å². The van der Waals surface area contributed by atoms with E-state index in [9.17, 15) is 19.5 Å². The second-order valence-electron chi connectivity index (χ2n) is 9.18. The number of hydrogen-bond donors (Lipinski definition) is 1. The van der Waals surface area contributed by atoms with Crippen molar-refractivity contribution in [1.82, 2.24) is 9.80 Å². The summed E-state index contributed by atoms with van der Waals surface area (Å²) < 4.78 is 5.48. The van der Waals surface area contributed by atoms with Gasteiger partial charge in [-0.05, 0) is 39.5 Å². The first kappa shape index (κ1) is 19.5. The molecule has 3 unspecified atom stereocenters. The molecule has 1 aliphatic carbocycles.